The average molecular weight is 324 g/mol. The number of benzene rings is 2. The van der Waals surface area contributed by atoms with Crippen molar-refractivity contribution in [3.8, 4) is 11.1 Å². The van der Waals surface area contributed by atoms with E-state index in [2.05, 4.69) is 77.2 Å². The van der Waals surface area contributed by atoms with Crippen molar-refractivity contribution < 1.29 is 0 Å². The summed E-state index contributed by atoms with van der Waals surface area (Å²) in [5, 5.41) is 2.65. The number of fused-ring (bicyclic) bond motifs is 5. The summed E-state index contributed by atoms with van der Waals surface area (Å²) in [6.07, 6.45) is 1.88. The van der Waals surface area contributed by atoms with Crippen LogP contribution in [-0.4, -0.2) is 4.98 Å². The van der Waals surface area contributed by atoms with Gasteiger partial charge >= 0.3 is 0 Å². The molecular weight excluding hydrogens is 310 g/mol. The molecule has 20 heavy (non-hydrogen) atoms. The lowest BCUT2D eigenvalue weighted by Gasteiger charge is -2.23. The van der Waals surface area contributed by atoms with Crippen molar-refractivity contribution in [2.75, 3.05) is 0 Å². The van der Waals surface area contributed by atoms with Gasteiger partial charge in [0.1, 0.15) is 4.60 Å². The van der Waals surface area contributed by atoms with E-state index in [0.717, 1.165) is 4.60 Å². The molecule has 1 aliphatic rings. The first-order valence-electron chi connectivity index (χ1n) is 6.78. The molecule has 1 aromatic heterocycles. The van der Waals surface area contributed by atoms with E-state index in [0.29, 0.717) is 0 Å². The zero-order valence-electron chi connectivity index (χ0n) is 11.4. The lowest BCUT2D eigenvalue weighted by molar-refractivity contribution is 0.658. The maximum Gasteiger partial charge on any atom is 0.110 e. The van der Waals surface area contributed by atoms with Crippen LogP contribution in [0.1, 0.15) is 25.0 Å². The second kappa shape index (κ2) is 3.92. The molecule has 0 radical (unpaired) electrons. The van der Waals surface area contributed by atoms with Gasteiger partial charge in [0, 0.05) is 17.2 Å². The minimum Gasteiger partial charge on any atom is -0.249 e. The van der Waals surface area contributed by atoms with Gasteiger partial charge in [0.25, 0.3) is 0 Å². The molecule has 0 fully saturated rings. The van der Waals surface area contributed by atoms with E-state index in [1.54, 1.807) is 0 Å². The maximum absolute atomic E-state index is 4.43. The average Bonchev–Trinajstić information content (AvgIpc) is 2.69. The lowest BCUT2D eigenvalue weighted by Crippen LogP contribution is -2.16. The number of rotatable bonds is 0. The van der Waals surface area contributed by atoms with E-state index >= 15 is 0 Å². The van der Waals surface area contributed by atoms with Crippen molar-refractivity contribution in [2.45, 2.75) is 19.3 Å². The Morgan fingerprint density at radius 2 is 1.65 bits per heavy atom. The van der Waals surface area contributed by atoms with E-state index in [9.17, 15) is 0 Å². The van der Waals surface area contributed by atoms with Gasteiger partial charge in [-0.05, 0) is 49.5 Å². The molecule has 0 N–H and O–H groups in total. The van der Waals surface area contributed by atoms with Crippen molar-refractivity contribution >= 4 is 26.7 Å². The molecule has 0 amide bonds. The van der Waals surface area contributed by atoms with E-state index in [-0.39, 0.29) is 5.41 Å². The highest BCUT2D eigenvalue weighted by molar-refractivity contribution is 9.10. The summed E-state index contributed by atoms with van der Waals surface area (Å²) in [5.74, 6) is 0. The van der Waals surface area contributed by atoms with Crippen LogP contribution in [0.4, 0.5) is 0 Å². The van der Waals surface area contributed by atoms with Crippen LogP contribution in [0, 0.1) is 0 Å². The largest absolute Gasteiger partial charge is 0.249 e. The van der Waals surface area contributed by atoms with Gasteiger partial charge in [0.05, 0.1) is 0 Å². The van der Waals surface area contributed by atoms with Gasteiger partial charge in [0.15, 0.2) is 0 Å². The van der Waals surface area contributed by atoms with Crippen LogP contribution in [0.25, 0.3) is 21.9 Å². The van der Waals surface area contributed by atoms with Gasteiger partial charge in [-0.15, -0.1) is 0 Å². The van der Waals surface area contributed by atoms with Crippen LogP contribution in [0.2, 0.25) is 0 Å². The Bertz CT molecular complexity index is 849. The summed E-state index contributed by atoms with van der Waals surface area (Å²) < 4.78 is 0.959. The summed E-state index contributed by atoms with van der Waals surface area (Å²) in [6, 6.07) is 15.2. The minimum atomic E-state index is -0.0291. The topological polar surface area (TPSA) is 12.9 Å². The highest BCUT2D eigenvalue weighted by atomic mass is 79.9. The molecule has 0 saturated carbocycles. The fourth-order valence-corrected chi connectivity index (χ4v) is 4.38. The van der Waals surface area contributed by atoms with Crippen molar-refractivity contribution in [1.29, 1.82) is 0 Å². The number of halogens is 1. The highest BCUT2D eigenvalue weighted by Gasteiger charge is 2.38. The molecular formula is C18H14BrN. The number of aromatic nitrogens is 1. The maximum atomic E-state index is 4.43. The van der Waals surface area contributed by atoms with Crippen LogP contribution in [0.3, 0.4) is 0 Å². The summed E-state index contributed by atoms with van der Waals surface area (Å²) in [6.45, 7) is 4.58. The third-order valence-electron chi connectivity index (χ3n) is 4.37. The molecule has 4 rings (SSSR count). The van der Waals surface area contributed by atoms with Crippen LogP contribution in [0.5, 0.6) is 0 Å². The van der Waals surface area contributed by atoms with Gasteiger partial charge in [-0.1, -0.05) is 50.2 Å². The Morgan fingerprint density at radius 3 is 2.50 bits per heavy atom. The molecule has 1 heterocycles. The molecule has 1 aliphatic carbocycles. The van der Waals surface area contributed by atoms with E-state index in [4.69, 9.17) is 0 Å². The van der Waals surface area contributed by atoms with Gasteiger partial charge in [0.2, 0.25) is 0 Å². The van der Waals surface area contributed by atoms with Crippen LogP contribution < -0.4 is 0 Å². The van der Waals surface area contributed by atoms with Crippen LogP contribution in [-0.2, 0) is 5.41 Å². The molecule has 0 saturated heterocycles. The predicted octanol–water partition coefficient (Wildman–Crippen LogP) is 5.30. The number of hydrogen-bond acceptors (Lipinski definition) is 1. The Kier molecular flexibility index (Phi) is 2.37. The van der Waals surface area contributed by atoms with Gasteiger partial charge in [-0.2, -0.15) is 0 Å². The van der Waals surface area contributed by atoms with Crippen LogP contribution in [0.15, 0.2) is 53.3 Å². The van der Waals surface area contributed by atoms with E-state index in [1.165, 1.54) is 33.0 Å². The summed E-state index contributed by atoms with van der Waals surface area (Å²) in [7, 11) is 0. The van der Waals surface area contributed by atoms with Gasteiger partial charge in [-0.3, -0.25) is 0 Å². The smallest absolute Gasteiger partial charge is 0.110 e. The quantitative estimate of drug-likeness (QED) is 0.511. The molecule has 0 atom stereocenters. The highest BCUT2D eigenvalue weighted by Crippen LogP contribution is 2.52. The minimum absolute atomic E-state index is 0.0291. The molecule has 0 bridgehead atoms. The fraction of sp³-hybridized carbons (Fsp3) is 0.167. The predicted molar refractivity (Wildman–Crippen MR) is 87.0 cm³/mol. The Hall–Kier alpha value is -1.67. The van der Waals surface area contributed by atoms with E-state index < -0.39 is 0 Å². The van der Waals surface area contributed by atoms with Crippen molar-refractivity contribution in [1.82, 2.24) is 4.98 Å². The van der Waals surface area contributed by atoms with Crippen molar-refractivity contribution in [3.63, 3.8) is 0 Å². The Morgan fingerprint density at radius 1 is 0.900 bits per heavy atom. The second-order valence-electron chi connectivity index (χ2n) is 5.86. The summed E-state index contributed by atoms with van der Waals surface area (Å²) >= 11 is 3.63. The zero-order valence-corrected chi connectivity index (χ0v) is 13.0. The molecule has 98 valence electrons. The Balaban J connectivity index is 2.20. The molecule has 0 unspecified atom stereocenters. The first kappa shape index (κ1) is 12.1. The fourth-order valence-electron chi connectivity index (χ4n) is 3.55. The third kappa shape index (κ3) is 1.40. The third-order valence-corrected chi connectivity index (χ3v) is 4.98. The van der Waals surface area contributed by atoms with Gasteiger partial charge < -0.3 is 0 Å². The Labute approximate surface area is 126 Å². The summed E-state index contributed by atoms with van der Waals surface area (Å²) in [4.78, 5) is 4.43. The normalized spacial score (nSPS) is 15.2. The first-order valence-corrected chi connectivity index (χ1v) is 7.57. The standard InChI is InChI=1S/C18H14BrN/c1-18(2)15-12-6-4-3-5-11(12)7-8-13(15)14-9-10-20-17(19)16(14)18/h3-10H,1-2H3. The summed E-state index contributed by atoms with van der Waals surface area (Å²) in [5.41, 5.74) is 5.33. The van der Waals surface area contributed by atoms with E-state index in [1.807, 2.05) is 6.20 Å². The molecule has 2 heteroatoms. The molecule has 2 aromatic carbocycles. The molecule has 0 spiro atoms. The number of nitrogens with zero attached hydrogens (tertiary/aromatic N) is 1. The van der Waals surface area contributed by atoms with Crippen LogP contribution >= 0.6 is 15.9 Å². The monoisotopic (exact) mass is 323 g/mol. The SMILES string of the molecule is CC1(C)c2c(ccnc2Br)-c2ccc3ccccc3c21. The zero-order chi connectivity index (χ0) is 13.9. The lowest BCUT2D eigenvalue weighted by atomic mass is 9.81. The van der Waals surface area contributed by atoms with Crippen molar-refractivity contribution in [3.05, 3.63) is 64.4 Å². The molecule has 1 nitrogen and oxygen atoms in total. The number of hydrogen-bond donors (Lipinski definition) is 0. The second-order valence-corrected chi connectivity index (χ2v) is 6.61. The van der Waals surface area contributed by atoms with Crippen molar-refractivity contribution in [2.24, 2.45) is 0 Å². The molecule has 0 aliphatic heterocycles. The number of pyridine rings is 1. The molecule has 3 aromatic rings. The first-order chi connectivity index (χ1) is 9.60. The van der Waals surface area contributed by atoms with Gasteiger partial charge in [-0.25, -0.2) is 4.98 Å².